The van der Waals surface area contributed by atoms with Crippen LogP contribution in [0.4, 0.5) is 5.82 Å². The van der Waals surface area contributed by atoms with Crippen molar-refractivity contribution in [3.8, 4) is 0 Å². The van der Waals surface area contributed by atoms with Crippen LogP contribution in [-0.4, -0.2) is 28.8 Å². The van der Waals surface area contributed by atoms with Crippen LogP contribution < -0.4 is 10.2 Å². The fraction of sp³-hybridized carbons (Fsp3) is 0.438. The Kier molecular flexibility index (Phi) is 5.63. The summed E-state index contributed by atoms with van der Waals surface area (Å²) in [5.74, 6) is 1.52. The van der Waals surface area contributed by atoms with E-state index in [-0.39, 0.29) is 0 Å². The van der Waals surface area contributed by atoms with Crippen LogP contribution in [0.5, 0.6) is 0 Å². The van der Waals surface area contributed by atoms with E-state index in [0.29, 0.717) is 5.92 Å². The molecule has 0 aromatic carbocycles. The molecular weight excluding hydrogens is 262 g/mol. The van der Waals surface area contributed by atoms with Gasteiger partial charge in [-0.15, -0.1) is 5.10 Å². The maximum absolute atomic E-state index is 4.29. The Hall–Kier alpha value is -2.01. The topological polar surface area (TPSA) is 53.9 Å². The second-order valence-electron chi connectivity index (χ2n) is 5.62. The van der Waals surface area contributed by atoms with Crippen molar-refractivity contribution in [2.75, 3.05) is 18.5 Å². The minimum absolute atomic E-state index is 0.642. The van der Waals surface area contributed by atoms with E-state index in [0.717, 1.165) is 31.1 Å². The van der Waals surface area contributed by atoms with Gasteiger partial charge in [0.05, 0.1) is 5.69 Å². The third-order valence-electron chi connectivity index (χ3n) is 3.12. The van der Waals surface area contributed by atoms with Crippen molar-refractivity contribution in [3.05, 3.63) is 47.9 Å². The lowest BCUT2D eigenvalue weighted by Crippen LogP contribution is -2.21. The normalized spacial score (nSPS) is 10.9. The zero-order chi connectivity index (χ0) is 15.1. The number of anilines is 1. The molecule has 5 heteroatoms. The van der Waals surface area contributed by atoms with Gasteiger partial charge in [-0.05, 0) is 42.3 Å². The van der Waals surface area contributed by atoms with Crippen molar-refractivity contribution in [2.45, 2.75) is 26.9 Å². The number of rotatable bonds is 7. The summed E-state index contributed by atoms with van der Waals surface area (Å²) in [6, 6.07) is 8.06. The molecule has 1 N–H and O–H groups in total. The van der Waals surface area contributed by atoms with Gasteiger partial charge in [0.2, 0.25) is 0 Å². The lowest BCUT2D eigenvalue weighted by Gasteiger charge is -2.17. The van der Waals surface area contributed by atoms with Crippen LogP contribution in [0.3, 0.4) is 0 Å². The van der Waals surface area contributed by atoms with Crippen molar-refractivity contribution >= 4 is 5.82 Å². The maximum Gasteiger partial charge on any atom is 0.151 e. The average molecular weight is 285 g/mol. The third-order valence-corrected chi connectivity index (χ3v) is 3.12. The van der Waals surface area contributed by atoms with Gasteiger partial charge in [-0.3, -0.25) is 4.98 Å². The van der Waals surface area contributed by atoms with Gasteiger partial charge in [0.15, 0.2) is 5.82 Å². The maximum atomic E-state index is 4.29. The molecule has 0 amide bonds. The standard InChI is InChI=1S/C16H23N5/c1-13(2)10-18-11-15-4-5-16(20-19-15)21(3)12-14-6-8-17-9-7-14/h4-9,13,18H,10-12H2,1-3H3. The van der Waals surface area contributed by atoms with Crippen molar-refractivity contribution in [1.82, 2.24) is 20.5 Å². The molecule has 0 aliphatic carbocycles. The number of pyridine rings is 1. The average Bonchev–Trinajstić information content (AvgIpc) is 2.48. The Labute approximate surface area is 126 Å². The van der Waals surface area contributed by atoms with E-state index in [1.807, 2.05) is 31.3 Å². The van der Waals surface area contributed by atoms with Gasteiger partial charge < -0.3 is 10.2 Å². The van der Waals surface area contributed by atoms with Crippen molar-refractivity contribution in [2.24, 2.45) is 5.92 Å². The first-order valence-corrected chi connectivity index (χ1v) is 7.28. The van der Waals surface area contributed by atoms with Gasteiger partial charge in [-0.25, -0.2) is 0 Å². The smallest absolute Gasteiger partial charge is 0.151 e. The van der Waals surface area contributed by atoms with Gasteiger partial charge in [0, 0.05) is 32.5 Å². The molecule has 0 aliphatic rings. The van der Waals surface area contributed by atoms with Gasteiger partial charge in [-0.1, -0.05) is 13.8 Å². The summed E-state index contributed by atoms with van der Waals surface area (Å²) in [4.78, 5) is 6.10. The summed E-state index contributed by atoms with van der Waals surface area (Å²) >= 11 is 0. The first kappa shape index (κ1) is 15.4. The molecule has 21 heavy (non-hydrogen) atoms. The largest absolute Gasteiger partial charge is 0.354 e. The fourth-order valence-electron chi connectivity index (χ4n) is 1.98. The number of aromatic nitrogens is 3. The Morgan fingerprint density at radius 1 is 1.10 bits per heavy atom. The number of nitrogens with one attached hydrogen (secondary N) is 1. The van der Waals surface area contributed by atoms with Crippen molar-refractivity contribution in [3.63, 3.8) is 0 Å². The SMILES string of the molecule is CC(C)CNCc1ccc(N(C)Cc2ccncc2)nn1. The number of hydrogen-bond acceptors (Lipinski definition) is 5. The highest BCUT2D eigenvalue weighted by atomic mass is 15.2. The molecule has 0 radical (unpaired) electrons. The molecule has 2 rings (SSSR count). The molecule has 0 bridgehead atoms. The Balaban J connectivity index is 1.89. The molecule has 0 spiro atoms. The molecule has 2 aromatic heterocycles. The van der Waals surface area contributed by atoms with E-state index in [9.17, 15) is 0 Å². The Bertz CT molecular complexity index is 524. The first-order valence-electron chi connectivity index (χ1n) is 7.28. The first-order chi connectivity index (χ1) is 10.1. The molecular formula is C16H23N5. The molecule has 0 saturated heterocycles. The van der Waals surface area contributed by atoms with Crippen LogP contribution in [0, 0.1) is 5.92 Å². The summed E-state index contributed by atoms with van der Waals surface area (Å²) in [5, 5.41) is 11.9. The van der Waals surface area contributed by atoms with E-state index in [2.05, 4.69) is 39.2 Å². The molecule has 0 atom stereocenters. The van der Waals surface area contributed by atoms with Crippen LogP contribution in [0.1, 0.15) is 25.1 Å². The van der Waals surface area contributed by atoms with E-state index < -0.39 is 0 Å². The van der Waals surface area contributed by atoms with Gasteiger partial charge >= 0.3 is 0 Å². The monoisotopic (exact) mass is 285 g/mol. The summed E-state index contributed by atoms with van der Waals surface area (Å²) < 4.78 is 0. The van der Waals surface area contributed by atoms with E-state index in [1.165, 1.54) is 5.56 Å². The number of nitrogens with zero attached hydrogens (tertiary/aromatic N) is 4. The zero-order valence-electron chi connectivity index (χ0n) is 13.0. The molecule has 2 heterocycles. The van der Waals surface area contributed by atoms with Crippen LogP contribution >= 0.6 is 0 Å². The predicted molar refractivity (Wildman–Crippen MR) is 84.9 cm³/mol. The minimum Gasteiger partial charge on any atom is -0.354 e. The summed E-state index contributed by atoms with van der Waals surface area (Å²) in [6.45, 7) is 6.93. The Morgan fingerprint density at radius 3 is 2.48 bits per heavy atom. The second kappa shape index (κ2) is 7.69. The van der Waals surface area contributed by atoms with Crippen molar-refractivity contribution < 1.29 is 0 Å². The lowest BCUT2D eigenvalue weighted by molar-refractivity contribution is 0.546. The zero-order valence-corrected chi connectivity index (χ0v) is 13.0. The molecule has 0 saturated carbocycles. The van der Waals surface area contributed by atoms with Gasteiger partial charge in [0.25, 0.3) is 0 Å². The minimum atomic E-state index is 0.642. The van der Waals surface area contributed by atoms with Crippen LogP contribution in [0.25, 0.3) is 0 Å². The summed E-state index contributed by atoms with van der Waals surface area (Å²) in [6.07, 6.45) is 3.61. The lowest BCUT2D eigenvalue weighted by atomic mass is 10.2. The van der Waals surface area contributed by atoms with E-state index in [1.54, 1.807) is 12.4 Å². The Morgan fingerprint density at radius 2 is 1.86 bits per heavy atom. The molecule has 0 unspecified atom stereocenters. The molecule has 5 nitrogen and oxygen atoms in total. The fourth-order valence-corrected chi connectivity index (χ4v) is 1.98. The van der Waals surface area contributed by atoms with Crippen LogP contribution in [0.15, 0.2) is 36.7 Å². The predicted octanol–water partition coefficient (Wildman–Crippen LogP) is 2.25. The molecule has 112 valence electrons. The third kappa shape index (κ3) is 5.11. The van der Waals surface area contributed by atoms with E-state index >= 15 is 0 Å². The highest BCUT2D eigenvalue weighted by molar-refractivity contribution is 5.37. The molecule has 0 aliphatic heterocycles. The van der Waals surface area contributed by atoms with E-state index in [4.69, 9.17) is 0 Å². The summed E-state index contributed by atoms with van der Waals surface area (Å²) in [7, 11) is 2.02. The molecule has 0 fully saturated rings. The van der Waals surface area contributed by atoms with Crippen LogP contribution in [-0.2, 0) is 13.1 Å². The van der Waals surface area contributed by atoms with Crippen LogP contribution in [0.2, 0.25) is 0 Å². The summed E-state index contributed by atoms with van der Waals surface area (Å²) in [5.41, 5.74) is 2.17. The van der Waals surface area contributed by atoms with Gasteiger partial charge in [-0.2, -0.15) is 5.10 Å². The highest BCUT2D eigenvalue weighted by Crippen LogP contribution is 2.11. The van der Waals surface area contributed by atoms with Gasteiger partial charge in [0.1, 0.15) is 0 Å². The molecule has 2 aromatic rings. The highest BCUT2D eigenvalue weighted by Gasteiger charge is 2.05. The second-order valence-corrected chi connectivity index (χ2v) is 5.62. The quantitative estimate of drug-likeness (QED) is 0.845. The van der Waals surface area contributed by atoms with Crippen molar-refractivity contribution in [1.29, 1.82) is 0 Å². The number of hydrogen-bond donors (Lipinski definition) is 1.